The predicted octanol–water partition coefficient (Wildman–Crippen LogP) is 2.19. The van der Waals surface area contributed by atoms with Crippen molar-refractivity contribution in [3.8, 4) is 5.75 Å². The summed E-state index contributed by atoms with van der Waals surface area (Å²) in [6, 6.07) is 4.53. The minimum Gasteiger partial charge on any atom is -0.490 e. The molecule has 30 heavy (non-hydrogen) atoms. The molecule has 10 nitrogen and oxygen atoms in total. The Morgan fingerprint density at radius 2 is 1.87 bits per heavy atom. The van der Waals surface area contributed by atoms with Crippen molar-refractivity contribution >= 4 is 17.4 Å². The molecule has 0 aromatic heterocycles. The number of aliphatic hydroxyl groups excluding tert-OH is 1. The van der Waals surface area contributed by atoms with Crippen molar-refractivity contribution in [1.29, 1.82) is 0 Å². The minimum atomic E-state index is -1.16. The van der Waals surface area contributed by atoms with Crippen LogP contribution in [0.3, 0.4) is 0 Å². The van der Waals surface area contributed by atoms with Crippen LogP contribution in [0.5, 0.6) is 5.75 Å². The number of hydrogen-bond acceptors (Lipinski definition) is 8. The molecule has 0 fully saturated rings. The van der Waals surface area contributed by atoms with Crippen LogP contribution in [0.1, 0.15) is 51.9 Å². The molecule has 3 N–H and O–H groups in total. The van der Waals surface area contributed by atoms with Gasteiger partial charge in [-0.05, 0) is 59.7 Å². The summed E-state index contributed by atoms with van der Waals surface area (Å²) in [6.45, 7) is 10.2. The summed E-state index contributed by atoms with van der Waals surface area (Å²) < 4.78 is 5.60. The molecule has 1 aromatic rings. The molecule has 0 aliphatic heterocycles. The van der Waals surface area contributed by atoms with Crippen LogP contribution in [0.25, 0.3) is 0 Å². The van der Waals surface area contributed by atoms with Gasteiger partial charge in [0.15, 0.2) is 5.78 Å². The topological polar surface area (TPSA) is 140 Å². The highest BCUT2D eigenvalue weighted by Crippen LogP contribution is 2.26. The fourth-order valence-corrected chi connectivity index (χ4v) is 2.26. The molecule has 1 atom stereocenters. The molecule has 0 heterocycles. The smallest absolute Gasteiger partial charge is 0.294 e. The molecule has 1 rings (SSSR count). The summed E-state index contributed by atoms with van der Waals surface area (Å²) >= 11 is 0. The number of ketones is 1. The van der Waals surface area contributed by atoms with Gasteiger partial charge in [0.25, 0.3) is 5.09 Å². The first kappa shape index (κ1) is 25.3. The van der Waals surface area contributed by atoms with Crippen LogP contribution < -0.4 is 15.4 Å². The zero-order chi connectivity index (χ0) is 23.1. The third kappa shape index (κ3) is 8.75. The van der Waals surface area contributed by atoms with Crippen LogP contribution in [-0.2, 0) is 9.63 Å². The first-order valence-electron chi connectivity index (χ1n) is 9.51. The maximum absolute atomic E-state index is 12.4. The summed E-state index contributed by atoms with van der Waals surface area (Å²) in [5.41, 5.74) is -0.739. The molecule has 168 valence electrons. The van der Waals surface area contributed by atoms with Crippen molar-refractivity contribution in [2.75, 3.05) is 25.1 Å². The predicted molar refractivity (Wildman–Crippen MR) is 111 cm³/mol. The fourth-order valence-electron chi connectivity index (χ4n) is 2.26. The number of Topliss-reactive ketones (excluding diaryl/α,β-unsaturated/α-hetero) is 1. The van der Waals surface area contributed by atoms with Crippen LogP contribution in [0.4, 0.5) is 5.69 Å². The maximum Gasteiger partial charge on any atom is 0.294 e. The molecule has 10 heteroatoms. The Balaban J connectivity index is 2.82. The quantitative estimate of drug-likeness (QED) is 0.278. The van der Waals surface area contributed by atoms with Crippen LogP contribution in [0.15, 0.2) is 18.2 Å². The van der Waals surface area contributed by atoms with Crippen LogP contribution in [0, 0.1) is 15.5 Å². The second kappa shape index (κ2) is 10.4. The van der Waals surface area contributed by atoms with Crippen molar-refractivity contribution in [3.63, 3.8) is 0 Å². The minimum absolute atomic E-state index is 0.0136. The fraction of sp³-hybridized carbons (Fsp3) is 0.600. The van der Waals surface area contributed by atoms with E-state index in [1.165, 1.54) is 32.9 Å². The molecule has 1 aromatic carbocycles. The number of carbonyl (C=O) groups excluding carboxylic acids is 2. The van der Waals surface area contributed by atoms with E-state index in [1.807, 2.05) is 20.8 Å². The molecule has 1 amide bonds. The Kier molecular flexibility index (Phi) is 8.74. The average Bonchev–Trinajstić information content (AvgIpc) is 2.62. The number of nitrogens with one attached hydrogen (secondary N) is 2. The number of benzene rings is 1. The van der Waals surface area contributed by atoms with E-state index >= 15 is 0 Å². The van der Waals surface area contributed by atoms with Gasteiger partial charge < -0.3 is 25.3 Å². The molecule has 0 bridgehead atoms. The van der Waals surface area contributed by atoms with E-state index in [0.29, 0.717) is 12.2 Å². The van der Waals surface area contributed by atoms with Crippen LogP contribution in [-0.4, -0.2) is 53.3 Å². The molecule has 0 aliphatic rings. The number of hydrogen-bond donors (Lipinski definition) is 3. The Bertz CT molecular complexity index is 772. The average molecular weight is 425 g/mol. The van der Waals surface area contributed by atoms with Crippen molar-refractivity contribution in [2.24, 2.45) is 5.41 Å². The van der Waals surface area contributed by atoms with E-state index in [9.17, 15) is 24.8 Å². The van der Waals surface area contributed by atoms with Gasteiger partial charge in [-0.25, -0.2) is 0 Å². The van der Waals surface area contributed by atoms with Gasteiger partial charge in [-0.2, -0.15) is 0 Å². The number of carbonyl (C=O) groups is 2. The van der Waals surface area contributed by atoms with Gasteiger partial charge in [0.2, 0.25) is 5.91 Å². The van der Waals surface area contributed by atoms with Crippen molar-refractivity contribution in [3.05, 3.63) is 33.9 Å². The van der Waals surface area contributed by atoms with Gasteiger partial charge in [-0.1, -0.05) is 0 Å². The number of rotatable bonds is 11. The van der Waals surface area contributed by atoms with E-state index in [0.717, 1.165) is 0 Å². The van der Waals surface area contributed by atoms with Gasteiger partial charge in [-0.15, -0.1) is 10.1 Å². The highest BCUT2D eigenvalue weighted by molar-refractivity contribution is 6.00. The summed E-state index contributed by atoms with van der Waals surface area (Å²) in [7, 11) is 0. The molecule has 0 aliphatic carbocycles. The van der Waals surface area contributed by atoms with Gasteiger partial charge in [-0.3, -0.25) is 9.59 Å². The zero-order valence-electron chi connectivity index (χ0n) is 18.3. The van der Waals surface area contributed by atoms with Crippen LogP contribution >= 0.6 is 0 Å². The van der Waals surface area contributed by atoms with Crippen molar-refractivity contribution < 1.29 is 29.4 Å². The molecular formula is C20H31N3O7. The van der Waals surface area contributed by atoms with Crippen molar-refractivity contribution in [2.45, 2.75) is 53.2 Å². The van der Waals surface area contributed by atoms with E-state index in [4.69, 9.17) is 4.74 Å². The molecule has 0 spiro atoms. The molecule has 1 unspecified atom stereocenters. The lowest BCUT2D eigenvalue weighted by atomic mass is 9.93. The number of nitrogens with zero attached hydrogens (tertiary/aromatic N) is 1. The lowest BCUT2D eigenvalue weighted by Crippen LogP contribution is -2.42. The number of aliphatic hydroxyl groups is 1. The number of ether oxygens (including phenoxy) is 1. The first-order chi connectivity index (χ1) is 13.7. The standard InChI is InChI=1S/C20H31N3O7/c1-13(24)16-9-14(22-18(26)20(5,6)12-30-23(27)28)7-8-17(16)29-11-15(25)10-21-19(2,3)4/h7-9,15,21,25H,10-12H2,1-6H3,(H,22,26). The maximum atomic E-state index is 12.4. The van der Waals surface area contributed by atoms with Crippen molar-refractivity contribution in [1.82, 2.24) is 5.32 Å². The number of anilines is 1. The lowest BCUT2D eigenvalue weighted by molar-refractivity contribution is -0.760. The number of amides is 1. The third-order valence-electron chi connectivity index (χ3n) is 4.06. The second-order valence-corrected chi connectivity index (χ2v) is 8.70. The highest BCUT2D eigenvalue weighted by Gasteiger charge is 2.29. The summed E-state index contributed by atoms with van der Waals surface area (Å²) in [5.74, 6) is -0.498. The van der Waals surface area contributed by atoms with E-state index < -0.39 is 29.1 Å². The van der Waals surface area contributed by atoms with E-state index in [2.05, 4.69) is 15.5 Å². The van der Waals surface area contributed by atoms with E-state index in [-0.39, 0.29) is 29.2 Å². The summed E-state index contributed by atoms with van der Waals surface area (Å²) in [4.78, 5) is 39.1. The normalized spacial score (nSPS) is 12.8. The Labute approximate surface area is 176 Å². The SMILES string of the molecule is CC(=O)c1cc(NC(=O)C(C)(C)CO[N+](=O)[O-])ccc1OCC(O)CNC(C)(C)C. The second-order valence-electron chi connectivity index (χ2n) is 8.70. The molecule has 0 saturated heterocycles. The summed E-state index contributed by atoms with van der Waals surface area (Å²) in [5, 5.41) is 25.3. The summed E-state index contributed by atoms with van der Waals surface area (Å²) in [6.07, 6.45) is -0.772. The van der Waals surface area contributed by atoms with Crippen LogP contribution in [0.2, 0.25) is 0 Å². The molecule has 0 radical (unpaired) electrons. The van der Waals surface area contributed by atoms with Gasteiger partial charge in [0.05, 0.1) is 11.0 Å². The highest BCUT2D eigenvalue weighted by atomic mass is 16.9. The largest absolute Gasteiger partial charge is 0.490 e. The monoisotopic (exact) mass is 425 g/mol. The van der Waals surface area contributed by atoms with Gasteiger partial charge in [0, 0.05) is 17.8 Å². The Morgan fingerprint density at radius 1 is 1.23 bits per heavy atom. The van der Waals surface area contributed by atoms with E-state index in [1.54, 1.807) is 6.07 Å². The molecular weight excluding hydrogens is 394 g/mol. The van der Waals surface area contributed by atoms with Gasteiger partial charge >= 0.3 is 0 Å². The molecule has 0 saturated carbocycles. The Hall–Kier alpha value is -2.72. The Morgan fingerprint density at radius 3 is 2.40 bits per heavy atom. The van der Waals surface area contributed by atoms with Gasteiger partial charge in [0.1, 0.15) is 25.1 Å². The lowest BCUT2D eigenvalue weighted by Gasteiger charge is -2.23. The third-order valence-corrected chi connectivity index (χ3v) is 4.06. The number of β-amino-alcohol motifs (C(OH)–C–C–N with tert-alkyl or cyclic N) is 1. The first-order valence-corrected chi connectivity index (χ1v) is 9.51. The zero-order valence-corrected chi connectivity index (χ0v) is 18.3.